The van der Waals surface area contributed by atoms with Crippen molar-refractivity contribution in [2.75, 3.05) is 4.90 Å². The molecule has 0 atom stereocenters. The molecule has 0 aliphatic carbocycles. The summed E-state index contributed by atoms with van der Waals surface area (Å²) in [6.07, 6.45) is 2.58. The molecule has 0 bridgehead atoms. The molecule has 0 radical (unpaired) electrons. The number of carbonyl (C=O) groups is 2. The fourth-order valence-corrected chi connectivity index (χ4v) is 1.52. The van der Waals surface area contributed by atoms with Crippen LogP contribution >= 0.6 is 0 Å². The van der Waals surface area contributed by atoms with Crippen molar-refractivity contribution in [1.82, 2.24) is 0 Å². The van der Waals surface area contributed by atoms with Gasteiger partial charge in [0.1, 0.15) is 0 Å². The van der Waals surface area contributed by atoms with Crippen molar-refractivity contribution in [3.63, 3.8) is 0 Å². The summed E-state index contributed by atoms with van der Waals surface area (Å²) >= 11 is 0. The largest absolute Gasteiger partial charge is 0.269 e. The maximum Gasteiger partial charge on any atom is 0.258 e. The van der Waals surface area contributed by atoms with Gasteiger partial charge in [0.25, 0.3) is 11.8 Å². The van der Waals surface area contributed by atoms with Gasteiger partial charge >= 0.3 is 0 Å². The predicted octanol–water partition coefficient (Wildman–Crippen LogP) is 1.73. The van der Waals surface area contributed by atoms with E-state index in [0.29, 0.717) is 5.69 Å². The van der Waals surface area contributed by atoms with E-state index in [1.54, 1.807) is 6.07 Å². The van der Waals surface area contributed by atoms with Crippen LogP contribution in [0.15, 0.2) is 30.4 Å². The molecule has 0 saturated carbocycles. The number of hydrogen-bond donors (Lipinski definition) is 0. The van der Waals surface area contributed by atoms with Crippen molar-refractivity contribution >= 4 is 17.5 Å². The molecule has 2 amide bonds. The Balaban J connectivity index is 2.42. The molecule has 0 N–H and O–H groups in total. The van der Waals surface area contributed by atoms with Crippen molar-refractivity contribution in [3.05, 3.63) is 41.5 Å². The highest BCUT2D eigenvalue weighted by Crippen LogP contribution is 2.21. The number of hydrogen-bond acceptors (Lipinski definition) is 2. The predicted molar refractivity (Wildman–Crippen MR) is 57.5 cm³/mol. The van der Waals surface area contributed by atoms with Gasteiger partial charge in [-0.1, -0.05) is 6.07 Å². The third-order valence-electron chi connectivity index (χ3n) is 2.56. The molecule has 1 aliphatic heterocycles. The lowest BCUT2D eigenvalue weighted by atomic mass is 10.1. The molecule has 2 rings (SSSR count). The van der Waals surface area contributed by atoms with Crippen molar-refractivity contribution in [3.8, 4) is 0 Å². The van der Waals surface area contributed by atoms with E-state index >= 15 is 0 Å². The fourth-order valence-electron chi connectivity index (χ4n) is 1.52. The van der Waals surface area contributed by atoms with E-state index in [4.69, 9.17) is 0 Å². The number of aryl methyl sites for hydroxylation is 2. The number of carbonyl (C=O) groups excluding carboxylic acids is 2. The van der Waals surface area contributed by atoms with E-state index in [1.165, 1.54) is 17.1 Å². The average Bonchev–Trinajstić information content (AvgIpc) is 2.52. The smallest absolute Gasteiger partial charge is 0.258 e. The van der Waals surface area contributed by atoms with Gasteiger partial charge in [-0.05, 0) is 37.1 Å². The summed E-state index contributed by atoms with van der Waals surface area (Å²) in [7, 11) is 0. The lowest BCUT2D eigenvalue weighted by Gasteiger charge is -2.14. The highest BCUT2D eigenvalue weighted by molar-refractivity contribution is 6.28. The summed E-state index contributed by atoms with van der Waals surface area (Å²) in [5, 5.41) is 0. The molecule has 0 unspecified atom stereocenters. The molecule has 1 aliphatic rings. The Morgan fingerprint density at radius 3 is 2.07 bits per heavy atom. The first kappa shape index (κ1) is 9.65. The molecule has 1 heterocycles. The second kappa shape index (κ2) is 3.35. The molecule has 1 aromatic rings. The van der Waals surface area contributed by atoms with Crippen LogP contribution in [0.1, 0.15) is 11.1 Å². The number of nitrogens with zero attached hydrogens (tertiary/aromatic N) is 1. The molecule has 0 spiro atoms. The van der Waals surface area contributed by atoms with Crippen LogP contribution in [0.25, 0.3) is 0 Å². The standard InChI is InChI=1S/C12H11NO2/c1-8-3-4-10(7-9(8)2)13-11(14)5-6-12(13)15/h3-7H,1-2H3. The maximum atomic E-state index is 11.4. The molecule has 76 valence electrons. The van der Waals surface area contributed by atoms with Crippen molar-refractivity contribution < 1.29 is 9.59 Å². The maximum absolute atomic E-state index is 11.4. The van der Waals surface area contributed by atoms with Crippen LogP contribution in [-0.2, 0) is 9.59 Å². The van der Waals surface area contributed by atoms with E-state index < -0.39 is 0 Å². The zero-order valence-electron chi connectivity index (χ0n) is 8.65. The van der Waals surface area contributed by atoms with Gasteiger partial charge < -0.3 is 0 Å². The van der Waals surface area contributed by atoms with E-state index in [9.17, 15) is 9.59 Å². The third-order valence-corrected chi connectivity index (χ3v) is 2.56. The van der Waals surface area contributed by atoms with Crippen LogP contribution in [-0.4, -0.2) is 11.8 Å². The molecule has 3 nitrogen and oxygen atoms in total. The van der Waals surface area contributed by atoms with E-state index in [2.05, 4.69) is 0 Å². The number of benzene rings is 1. The second-order valence-corrected chi connectivity index (χ2v) is 3.61. The van der Waals surface area contributed by atoms with Crippen LogP contribution in [0.3, 0.4) is 0 Å². The highest BCUT2D eigenvalue weighted by atomic mass is 16.2. The Labute approximate surface area is 88.0 Å². The van der Waals surface area contributed by atoms with Crippen molar-refractivity contribution in [2.24, 2.45) is 0 Å². The lowest BCUT2D eigenvalue weighted by Crippen LogP contribution is -2.29. The minimum absolute atomic E-state index is 0.275. The van der Waals surface area contributed by atoms with Crippen LogP contribution in [0, 0.1) is 13.8 Å². The highest BCUT2D eigenvalue weighted by Gasteiger charge is 2.24. The van der Waals surface area contributed by atoms with Gasteiger partial charge in [-0.2, -0.15) is 0 Å². The quantitative estimate of drug-likeness (QED) is 0.649. The van der Waals surface area contributed by atoms with Gasteiger partial charge in [0.15, 0.2) is 0 Å². The first-order valence-electron chi connectivity index (χ1n) is 4.73. The summed E-state index contributed by atoms with van der Waals surface area (Å²) in [6.45, 7) is 3.95. The average molecular weight is 201 g/mol. The molecule has 0 aromatic heterocycles. The molecule has 3 heteroatoms. The van der Waals surface area contributed by atoms with Crippen LogP contribution in [0.5, 0.6) is 0 Å². The van der Waals surface area contributed by atoms with Crippen LogP contribution in [0.4, 0.5) is 5.69 Å². The number of amides is 2. The molecule has 0 fully saturated rings. The Morgan fingerprint density at radius 1 is 0.933 bits per heavy atom. The first-order valence-corrected chi connectivity index (χ1v) is 4.73. The molecular formula is C12H11NO2. The SMILES string of the molecule is Cc1ccc(N2C(=O)C=CC2=O)cc1C. The lowest BCUT2D eigenvalue weighted by molar-refractivity contribution is -0.119. The summed E-state index contributed by atoms with van der Waals surface area (Å²) < 4.78 is 0. The Hall–Kier alpha value is -1.90. The number of imide groups is 1. The minimum Gasteiger partial charge on any atom is -0.269 e. The van der Waals surface area contributed by atoms with Gasteiger partial charge in [0.2, 0.25) is 0 Å². The number of anilines is 1. The molecule has 1 aromatic carbocycles. The molecule has 15 heavy (non-hydrogen) atoms. The van der Waals surface area contributed by atoms with Gasteiger partial charge in [-0.3, -0.25) is 9.59 Å². The van der Waals surface area contributed by atoms with E-state index in [-0.39, 0.29) is 11.8 Å². The van der Waals surface area contributed by atoms with Crippen LogP contribution < -0.4 is 4.90 Å². The van der Waals surface area contributed by atoms with Gasteiger partial charge in [-0.15, -0.1) is 0 Å². The Bertz CT molecular complexity index is 457. The summed E-state index contributed by atoms with van der Waals surface area (Å²) in [4.78, 5) is 24.0. The van der Waals surface area contributed by atoms with Crippen LogP contribution in [0.2, 0.25) is 0 Å². The molecule has 0 saturated heterocycles. The summed E-state index contributed by atoms with van der Waals surface area (Å²) in [5.74, 6) is -0.550. The topological polar surface area (TPSA) is 37.4 Å². The third kappa shape index (κ3) is 1.56. The van der Waals surface area contributed by atoms with Gasteiger partial charge in [-0.25, -0.2) is 4.90 Å². The summed E-state index contributed by atoms with van der Waals surface area (Å²) in [6, 6.07) is 5.53. The summed E-state index contributed by atoms with van der Waals surface area (Å²) in [5.41, 5.74) is 2.85. The zero-order chi connectivity index (χ0) is 11.0. The molecular weight excluding hydrogens is 190 g/mol. The van der Waals surface area contributed by atoms with Gasteiger partial charge in [0.05, 0.1) is 5.69 Å². The number of rotatable bonds is 1. The van der Waals surface area contributed by atoms with E-state index in [0.717, 1.165) is 11.1 Å². The first-order chi connectivity index (χ1) is 7.09. The normalized spacial score (nSPS) is 15.2. The Kier molecular flexibility index (Phi) is 2.15. The monoisotopic (exact) mass is 201 g/mol. The fraction of sp³-hybridized carbons (Fsp3) is 0.167. The second-order valence-electron chi connectivity index (χ2n) is 3.61. The van der Waals surface area contributed by atoms with Crippen molar-refractivity contribution in [2.45, 2.75) is 13.8 Å². The van der Waals surface area contributed by atoms with Crippen molar-refractivity contribution in [1.29, 1.82) is 0 Å². The van der Waals surface area contributed by atoms with E-state index in [1.807, 2.05) is 26.0 Å². The minimum atomic E-state index is -0.275. The zero-order valence-corrected chi connectivity index (χ0v) is 8.65. The Morgan fingerprint density at radius 2 is 1.53 bits per heavy atom. The van der Waals surface area contributed by atoms with Gasteiger partial charge in [0, 0.05) is 12.2 Å².